The SMILES string of the molecule is CCCS(=O)(=O)Nc1cccc(-c2nc(C(C)(C)C)sc2-c2ccnc(NC3CC4(C3)CN(C(=O)C3CCN(c5cccc6c5n(C)c(=O)n6[C@@H]5CCC(=O)NC5=O)CC3)C4)n2)c1F. The van der Waals surface area contributed by atoms with Crippen LogP contribution in [0, 0.1) is 17.2 Å². The number of imidazole rings is 1. The normalized spacial score (nSPS) is 19.4. The molecule has 3 aliphatic heterocycles. The first-order chi connectivity index (χ1) is 30.4. The van der Waals surface area contributed by atoms with Gasteiger partial charge in [0.2, 0.25) is 33.7 Å². The van der Waals surface area contributed by atoms with Crippen molar-refractivity contribution in [2.75, 3.05) is 46.9 Å². The van der Waals surface area contributed by atoms with Crippen LogP contribution in [0.3, 0.4) is 0 Å². The van der Waals surface area contributed by atoms with E-state index in [1.165, 1.54) is 22.0 Å². The van der Waals surface area contributed by atoms with E-state index in [0.717, 1.165) is 29.1 Å². The number of nitrogens with zero attached hydrogens (tertiary/aromatic N) is 7. The van der Waals surface area contributed by atoms with Gasteiger partial charge in [0.1, 0.15) is 6.04 Å². The summed E-state index contributed by atoms with van der Waals surface area (Å²) in [5.41, 5.74) is 2.66. The fourth-order valence-electron chi connectivity index (χ4n) is 9.81. The number of carbonyl (C=O) groups is 3. The van der Waals surface area contributed by atoms with Gasteiger partial charge in [0.15, 0.2) is 5.82 Å². The van der Waals surface area contributed by atoms with Gasteiger partial charge in [0, 0.05) is 74.2 Å². The Hall–Kier alpha value is -5.69. The monoisotopic (exact) mass is 912 g/mol. The minimum Gasteiger partial charge on any atom is -0.370 e. The van der Waals surface area contributed by atoms with E-state index in [1.807, 2.05) is 43.9 Å². The third kappa shape index (κ3) is 8.05. The Morgan fingerprint density at radius 3 is 2.45 bits per heavy atom. The number of anilines is 3. The third-order valence-electron chi connectivity index (χ3n) is 13.0. The Balaban J connectivity index is 0.821. The van der Waals surface area contributed by atoms with Crippen molar-refractivity contribution in [1.82, 2.24) is 34.3 Å². The second-order valence-corrected chi connectivity index (χ2v) is 21.7. The fourth-order valence-corrected chi connectivity index (χ4v) is 12.0. The van der Waals surface area contributed by atoms with E-state index in [4.69, 9.17) is 9.97 Å². The van der Waals surface area contributed by atoms with Gasteiger partial charge < -0.3 is 15.1 Å². The summed E-state index contributed by atoms with van der Waals surface area (Å²) in [5, 5.41) is 6.63. The molecule has 2 aromatic carbocycles. The molecule has 4 aliphatic rings. The zero-order valence-corrected chi connectivity index (χ0v) is 38.2. The van der Waals surface area contributed by atoms with Gasteiger partial charge in [-0.1, -0.05) is 39.8 Å². The Kier molecular flexibility index (Phi) is 11.2. The summed E-state index contributed by atoms with van der Waals surface area (Å²) < 4.78 is 46.6. The highest BCUT2D eigenvalue weighted by Crippen LogP contribution is 2.50. The van der Waals surface area contributed by atoms with Crippen molar-refractivity contribution in [3.05, 3.63) is 70.0 Å². The number of piperidine rings is 2. The van der Waals surface area contributed by atoms with Crippen LogP contribution in [0.5, 0.6) is 0 Å². The van der Waals surface area contributed by atoms with Gasteiger partial charge in [-0.05, 0) is 68.9 Å². The highest BCUT2D eigenvalue weighted by molar-refractivity contribution is 7.92. The lowest BCUT2D eigenvalue weighted by Gasteiger charge is -2.59. The molecule has 0 unspecified atom stereocenters. The van der Waals surface area contributed by atoms with Crippen LogP contribution in [0.4, 0.5) is 21.7 Å². The third-order valence-corrected chi connectivity index (χ3v) is 16.0. The molecule has 9 rings (SSSR count). The maximum absolute atomic E-state index is 16.1. The van der Waals surface area contributed by atoms with Crippen LogP contribution < -0.4 is 25.9 Å². The van der Waals surface area contributed by atoms with Gasteiger partial charge in [-0.3, -0.25) is 33.6 Å². The van der Waals surface area contributed by atoms with Crippen LogP contribution in [-0.2, 0) is 36.9 Å². The summed E-state index contributed by atoms with van der Waals surface area (Å²) in [6, 6.07) is 11.5. The summed E-state index contributed by atoms with van der Waals surface area (Å²) in [5.74, 6) is -1.09. The molecule has 3 amide bonds. The molecule has 6 heterocycles. The highest BCUT2D eigenvalue weighted by atomic mass is 32.2. The number of aryl methyl sites for hydroxylation is 1. The summed E-state index contributed by atoms with van der Waals surface area (Å²) in [4.78, 5) is 70.9. The minimum absolute atomic E-state index is 0.0510. The molecule has 0 radical (unpaired) electrons. The molecule has 16 nitrogen and oxygen atoms in total. The number of hydrogen-bond donors (Lipinski definition) is 3. The quantitative estimate of drug-likeness (QED) is 0.136. The lowest BCUT2D eigenvalue weighted by atomic mass is 9.60. The molecule has 3 saturated heterocycles. The maximum atomic E-state index is 16.1. The number of para-hydroxylation sites is 1. The van der Waals surface area contributed by atoms with E-state index < -0.39 is 27.8 Å². The average molecular weight is 913 g/mol. The van der Waals surface area contributed by atoms with E-state index in [2.05, 4.69) is 25.2 Å². The van der Waals surface area contributed by atoms with Crippen molar-refractivity contribution in [2.24, 2.45) is 18.4 Å². The van der Waals surface area contributed by atoms with Gasteiger partial charge in [0.05, 0.1) is 49.4 Å². The molecule has 4 fully saturated rings. The van der Waals surface area contributed by atoms with E-state index in [0.29, 0.717) is 73.2 Å². The van der Waals surface area contributed by atoms with E-state index in [9.17, 15) is 27.6 Å². The molecule has 19 heteroatoms. The first-order valence-electron chi connectivity index (χ1n) is 21.9. The summed E-state index contributed by atoms with van der Waals surface area (Å²) >= 11 is 1.42. The first kappa shape index (κ1) is 43.6. The topological polar surface area (TPSA) is 194 Å². The zero-order valence-electron chi connectivity index (χ0n) is 36.6. The van der Waals surface area contributed by atoms with Gasteiger partial charge >= 0.3 is 5.69 Å². The highest BCUT2D eigenvalue weighted by Gasteiger charge is 2.54. The summed E-state index contributed by atoms with van der Waals surface area (Å²) in [6.07, 6.45) is 5.62. The van der Waals surface area contributed by atoms with Crippen molar-refractivity contribution in [2.45, 2.75) is 90.1 Å². The van der Waals surface area contributed by atoms with E-state index >= 15 is 4.39 Å². The molecule has 0 bridgehead atoms. The average Bonchev–Trinajstić information content (AvgIpc) is 3.78. The number of nitrogens with one attached hydrogen (secondary N) is 3. The van der Waals surface area contributed by atoms with Gasteiger partial charge in [0.25, 0.3) is 0 Å². The van der Waals surface area contributed by atoms with Gasteiger partial charge in [-0.25, -0.2) is 32.6 Å². The number of amides is 3. The van der Waals surface area contributed by atoms with Crippen molar-refractivity contribution in [3.63, 3.8) is 0 Å². The number of carbonyl (C=O) groups excluding carboxylic acids is 3. The molecular weight excluding hydrogens is 860 g/mol. The number of benzene rings is 2. The number of likely N-dealkylation sites (tertiary alicyclic amines) is 1. The first-order valence-corrected chi connectivity index (χ1v) is 24.4. The van der Waals surface area contributed by atoms with Crippen molar-refractivity contribution in [3.8, 4) is 21.8 Å². The Bertz CT molecular complexity index is 2850. The molecule has 3 aromatic heterocycles. The van der Waals surface area contributed by atoms with Crippen molar-refractivity contribution < 1.29 is 27.2 Å². The summed E-state index contributed by atoms with van der Waals surface area (Å²) in [7, 11) is -2.02. The molecule has 5 aromatic rings. The number of sulfonamides is 1. The molecule has 1 aliphatic carbocycles. The second-order valence-electron chi connectivity index (χ2n) is 18.8. The minimum atomic E-state index is -3.72. The Morgan fingerprint density at radius 2 is 1.75 bits per heavy atom. The number of rotatable bonds is 11. The number of aromatic nitrogens is 5. The lowest BCUT2D eigenvalue weighted by Crippen LogP contribution is -2.67. The van der Waals surface area contributed by atoms with Crippen molar-refractivity contribution >= 4 is 67.4 Å². The number of imide groups is 1. The van der Waals surface area contributed by atoms with Crippen LogP contribution in [0.25, 0.3) is 32.9 Å². The number of hydrogen-bond acceptors (Lipinski definition) is 12. The number of halogens is 1. The second kappa shape index (κ2) is 16.4. The van der Waals surface area contributed by atoms with Gasteiger partial charge in [-0.15, -0.1) is 11.3 Å². The largest absolute Gasteiger partial charge is 0.370 e. The van der Waals surface area contributed by atoms with Crippen LogP contribution >= 0.6 is 11.3 Å². The molecule has 64 heavy (non-hydrogen) atoms. The summed E-state index contributed by atoms with van der Waals surface area (Å²) in [6.45, 7) is 10.6. The molecule has 3 N–H and O–H groups in total. The zero-order chi connectivity index (χ0) is 45.3. The molecule has 1 saturated carbocycles. The van der Waals surface area contributed by atoms with E-state index in [-0.39, 0.29) is 70.1 Å². The van der Waals surface area contributed by atoms with Crippen LogP contribution in [0.15, 0.2) is 53.5 Å². The number of thiazole rings is 1. The van der Waals surface area contributed by atoms with Crippen LogP contribution in [0.1, 0.15) is 83.7 Å². The maximum Gasteiger partial charge on any atom is 0.329 e. The Morgan fingerprint density at radius 1 is 1.02 bits per heavy atom. The Labute approximate surface area is 374 Å². The molecular formula is C45H53FN10O6S2. The molecule has 1 spiro atoms. The standard InChI is InChI=1S/C45H53FN10O6S2/c1-6-21-64(61,62)52-29-10-7-9-28(35(29)46)36-38(63-41(51-36)44(2,3)4)30-15-18-47-42(49-30)48-27-22-45(23-27)24-55(25-45)40(59)26-16-19-54(20-17-26)31-11-8-12-32-37(31)53(5)43(60)56(32)33-13-14-34(57)50-39(33)58/h7-12,15,18,26-27,33,52H,6,13-14,16-17,19-25H2,1-5H3,(H,47,48,49)(H,50,57,58)/t33-/m1/s1. The smallest absolute Gasteiger partial charge is 0.329 e. The number of fused-ring (bicyclic) bond motifs is 1. The predicted octanol–water partition coefficient (Wildman–Crippen LogP) is 5.81. The van der Waals surface area contributed by atoms with Crippen molar-refractivity contribution in [1.29, 1.82) is 0 Å². The fraction of sp³-hybridized carbons (Fsp3) is 0.489. The lowest BCUT2D eigenvalue weighted by molar-refractivity contribution is -0.155. The molecule has 338 valence electrons. The van der Waals surface area contributed by atoms with Crippen LogP contribution in [0.2, 0.25) is 0 Å². The van der Waals surface area contributed by atoms with E-state index in [1.54, 1.807) is 42.9 Å². The van der Waals surface area contributed by atoms with Crippen LogP contribution in [-0.4, -0.2) is 93.1 Å². The predicted molar refractivity (Wildman–Crippen MR) is 244 cm³/mol. The van der Waals surface area contributed by atoms with Gasteiger partial charge in [-0.2, -0.15) is 0 Å². The molecule has 1 atom stereocenters.